The third kappa shape index (κ3) is 6.60. The molecule has 15 heavy (non-hydrogen) atoms. The summed E-state index contributed by atoms with van der Waals surface area (Å²) in [6.45, 7) is 6.05. The maximum absolute atomic E-state index is 11.2. The highest BCUT2D eigenvalue weighted by atomic mass is 16.1. The molecule has 0 aliphatic heterocycles. The molecule has 1 N–H and O–H groups in total. The van der Waals surface area contributed by atoms with E-state index in [-0.39, 0.29) is 7.33 Å². The van der Waals surface area contributed by atoms with Crippen LogP contribution in [0.1, 0.15) is 41.5 Å². The van der Waals surface area contributed by atoms with Crippen LogP contribution in [0, 0.1) is 0 Å². The summed E-state index contributed by atoms with van der Waals surface area (Å²) in [5.74, 6) is 0.358. The van der Waals surface area contributed by atoms with Gasteiger partial charge in [0.1, 0.15) is 0 Å². The molecule has 0 saturated carbocycles. The van der Waals surface area contributed by atoms with E-state index in [0.717, 1.165) is 12.8 Å². The summed E-state index contributed by atoms with van der Waals surface area (Å²) in [7, 11) is 0. The molecule has 1 aromatic heterocycles. The summed E-state index contributed by atoms with van der Waals surface area (Å²) in [4.78, 5) is 18.9. The number of carbonyl (C=O) groups is 1. The molecule has 0 unspecified atom stereocenters. The summed E-state index contributed by atoms with van der Waals surface area (Å²) in [5, 5.41) is 2.62. The molecule has 86 valence electrons. The molecule has 4 heteroatoms. The summed E-state index contributed by atoms with van der Waals surface area (Å²) < 4.78 is 0. The molecule has 0 aliphatic rings. The average Bonchev–Trinajstić information content (AvgIpc) is 2.30. The molecule has 0 saturated heterocycles. The number of nitrogens with zero attached hydrogens (tertiary/aromatic N) is 2. The number of carbonyl (C=O) groups excluding carboxylic acids is 1. The summed E-state index contributed by atoms with van der Waals surface area (Å²) in [6.07, 6.45) is 5.65. The molecule has 0 atom stereocenters. The van der Waals surface area contributed by atoms with Crippen molar-refractivity contribution in [2.75, 3.05) is 5.32 Å². The maximum atomic E-state index is 11.2. The Balaban J connectivity index is 0. The van der Waals surface area contributed by atoms with Crippen LogP contribution in [0.25, 0.3) is 0 Å². The van der Waals surface area contributed by atoms with Gasteiger partial charge in [0.2, 0.25) is 11.9 Å². The Kier molecular flexibility index (Phi) is 8.24. The van der Waals surface area contributed by atoms with Crippen molar-refractivity contribution in [3.8, 4) is 0 Å². The van der Waals surface area contributed by atoms with E-state index in [4.69, 9.17) is 0 Å². The molecule has 4 nitrogen and oxygen atoms in total. The molecule has 1 rings (SSSR count). The highest BCUT2D eigenvalue weighted by Crippen LogP contribution is 1.99. The number of unbranched alkanes of at least 4 members (excludes halogenated alkanes) is 1. The van der Waals surface area contributed by atoms with E-state index in [1.165, 1.54) is 0 Å². The zero-order valence-corrected chi connectivity index (χ0v) is 9.66. The van der Waals surface area contributed by atoms with Crippen LogP contribution in [0.2, 0.25) is 0 Å². The number of amides is 1. The summed E-state index contributed by atoms with van der Waals surface area (Å²) in [5.41, 5.74) is 0. The van der Waals surface area contributed by atoms with Gasteiger partial charge in [-0.2, -0.15) is 0 Å². The molecule has 0 spiro atoms. The van der Waals surface area contributed by atoms with Crippen molar-refractivity contribution in [3.05, 3.63) is 18.5 Å². The molecular weight excluding hydrogens is 190 g/mol. The Morgan fingerprint density at radius 2 is 2.00 bits per heavy atom. The van der Waals surface area contributed by atoms with Gasteiger partial charge in [0.25, 0.3) is 0 Å². The second-order valence-corrected chi connectivity index (χ2v) is 2.72. The van der Waals surface area contributed by atoms with E-state index in [0.29, 0.717) is 12.4 Å². The van der Waals surface area contributed by atoms with E-state index in [1.807, 2.05) is 20.8 Å². The van der Waals surface area contributed by atoms with Gasteiger partial charge in [-0.25, -0.2) is 9.97 Å². The summed E-state index contributed by atoms with van der Waals surface area (Å²) >= 11 is 0. The van der Waals surface area contributed by atoms with Gasteiger partial charge in [-0.05, 0) is 12.5 Å². The first-order valence-corrected chi connectivity index (χ1v) is 5.40. The SMILES string of the molecule is CC.CCCCC(=O)Nc1ncccn1.[HH]. The second kappa shape index (κ2) is 9.12. The first-order chi connectivity index (χ1) is 7.33. The lowest BCUT2D eigenvalue weighted by Crippen LogP contribution is -2.12. The Bertz CT molecular complexity index is 267. The Hall–Kier alpha value is -1.45. The van der Waals surface area contributed by atoms with Crippen LogP contribution in [0.5, 0.6) is 0 Å². The molecule has 1 aromatic rings. The van der Waals surface area contributed by atoms with Crippen LogP contribution < -0.4 is 5.32 Å². The molecule has 0 radical (unpaired) electrons. The second-order valence-electron chi connectivity index (χ2n) is 2.72. The van der Waals surface area contributed by atoms with Crippen LogP contribution in [0.3, 0.4) is 0 Å². The van der Waals surface area contributed by atoms with Crippen molar-refractivity contribution in [3.63, 3.8) is 0 Å². The van der Waals surface area contributed by atoms with Crippen LogP contribution >= 0.6 is 0 Å². The topological polar surface area (TPSA) is 54.9 Å². The van der Waals surface area contributed by atoms with Gasteiger partial charge in [-0.1, -0.05) is 27.2 Å². The van der Waals surface area contributed by atoms with Gasteiger partial charge in [-0.3, -0.25) is 10.1 Å². The van der Waals surface area contributed by atoms with Crippen molar-refractivity contribution in [2.45, 2.75) is 40.0 Å². The van der Waals surface area contributed by atoms with E-state index in [9.17, 15) is 4.79 Å². The molecule has 0 aliphatic carbocycles. The van der Waals surface area contributed by atoms with Crippen molar-refractivity contribution in [1.82, 2.24) is 9.97 Å². The third-order valence-corrected chi connectivity index (χ3v) is 1.57. The van der Waals surface area contributed by atoms with Crippen LogP contribution in [0.4, 0.5) is 5.95 Å². The van der Waals surface area contributed by atoms with E-state index in [1.54, 1.807) is 18.5 Å². The first-order valence-electron chi connectivity index (χ1n) is 5.40. The van der Waals surface area contributed by atoms with Crippen LogP contribution in [0.15, 0.2) is 18.5 Å². The van der Waals surface area contributed by atoms with E-state index >= 15 is 0 Å². The zero-order chi connectivity index (χ0) is 11.5. The highest BCUT2D eigenvalue weighted by Gasteiger charge is 2.01. The lowest BCUT2D eigenvalue weighted by Gasteiger charge is -2.00. The fourth-order valence-electron chi connectivity index (χ4n) is 0.888. The molecule has 0 fully saturated rings. The Morgan fingerprint density at radius 1 is 1.40 bits per heavy atom. The van der Waals surface area contributed by atoms with Gasteiger partial charge in [0.05, 0.1) is 0 Å². The zero-order valence-electron chi connectivity index (χ0n) is 9.66. The summed E-state index contributed by atoms with van der Waals surface area (Å²) in [6, 6.07) is 1.71. The van der Waals surface area contributed by atoms with Crippen molar-refractivity contribution in [1.29, 1.82) is 0 Å². The van der Waals surface area contributed by atoms with Gasteiger partial charge in [-0.15, -0.1) is 0 Å². The van der Waals surface area contributed by atoms with Gasteiger partial charge >= 0.3 is 0 Å². The number of hydrogen-bond acceptors (Lipinski definition) is 3. The Labute approximate surface area is 92.6 Å². The quantitative estimate of drug-likeness (QED) is 0.833. The van der Waals surface area contributed by atoms with Crippen LogP contribution in [-0.2, 0) is 4.79 Å². The Morgan fingerprint density at radius 3 is 2.53 bits per heavy atom. The lowest BCUT2D eigenvalue weighted by atomic mass is 10.2. The largest absolute Gasteiger partial charge is 0.295 e. The minimum atomic E-state index is -0.0203. The molecule has 1 heterocycles. The van der Waals surface area contributed by atoms with E-state index < -0.39 is 0 Å². The van der Waals surface area contributed by atoms with Crippen molar-refractivity contribution >= 4 is 11.9 Å². The normalized spacial score (nSPS) is 8.73. The minimum Gasteiger partial charge on any atom is -0.295 e. The number of anilines is 1. The fourth-order valence-corrected chi connectivity index (χ4v) is 0.888. The number of aromatic nitrogens is 2. The van der Waals surface area contributed by atoms with E-state index in [2.05, 4.69) is 15.3 Å². The third-order valence-electron chi connectivity index (χ3n) is 1.57. The van der Waals surface area contributed by atoms with Gasteiger partial charge < -0.3 is 0 Å². The molecule has 1 amide bonds. The first kappa shape index (κ1) is 13.5. The van der Waals surface area contributed by atoms with Crippen LogP contribution in [-0.4, -0.2) is 15.9 Å². The number of nitrogens with one attached hydrogen (secondary N) is 1. The predicted molar refractivity (Wildman–Crippen MR) is 63.6 cm³/mol. The fraction of sp³-hybridized carbons (Fsp3) is 0.545. The van der Waals surface area contributed by atoms with Gasteiger partial charge in [0.15, 0.2) is 0 Å². The molecular formula is C11H21N3O. The smallest absolute Gasteiger partial charge is 0.229 e. The maximum Gasteiger partial charge on any atom is 0.229 e. The number of hydrogen-bond donors (Lipinski definition) is 1. The van der Waals surface area contributed by atoms with Crippen molar-refractivity contribution in [2.24, 2.45) is 0 Å². The molecule has 0 aromatic carbocycles. The number of rotatable bonds is 4. The standard InChI is InChI=1S/C9H13N3O.C2H6.H2/c1-2-3-5-8(13)12-9-10-6-4-7-11-9;1-2;/h4,6-7H,2-3,5H2,1H3,(H,10,11,12,13);1-2H3;1H. The van der Waals surface area contributed by atoms with Crippen molar-refractivity contribution < 1.29 is 6.22 Å². The predicted octanol–water partition coefficient (Wildman–Crippen LogP) is 2.88. The van der Waals surface area contributed by atoms with Gasteiger partial charge in [0, 0.05) is 20.2 Å². The minimum absolute atomic E-state index is 0. The highest BCUT2D eigenvalue weighted by molar-refractivity contribution is 5.88. The average molecular weight is 211 g/mol. The lowest BCUT2D eigenvalue weighted by molar-refractivity contribution is -0.116. The molecule has 0 bridgehead atoms. The monoisotopic (exact) mass is 211 g/mol.